The molecule has 0 saturated carbocycles. The number of nitrogens with one attached hydrogen (secondary N) is 3. The Morgan fingerprint density at radius 3 is 2.68 bits per heavy atom. The number of rotatable bonds is 2. The predicted molar refractivity (Wildman–Crippen MR) is 102 cm³/mol. The Bertz CT molecular complexity index is 724. The molecule has 28 heavy (non-hydrogen) atoms. The lowest BCUT2D eigenvalue weighted by atomic mass is 9.75. The second-order valence-corrected chi connectivity index (χ2v) is 8.56. The molecule has 5 rings (SSSR count). The molecule has 4 unspecified atom stereocenters. The fraction of sp³-hybridized carbons (Fsp3) is 0.684. The van der Waals surface area contributed by atoms with E-state index >= 15 is 0 Å². The van der Waals surface area contributed by atoms with E-state index < -0.39 is 0 Å². The average molecular weight is 387 g/mol. The monoisotopic (exact) mass is 387 g/mol. The van der Waals surface area contributed by atoms with Crippen LogP contribution in [0.4, 0.5) is 0 Å². The molecule has 4 fully saturated rings. The molecule has 5 N–H and O–H groups in total. The van der Waals surface area contributed by atoms with Crippen molar-refractivity contribution in [2.45, 2.75) is 37.4 Å². The Labute approximate surface area is 164 Å². The van der Waals surface area contributed by atoms with E-state index in [0.717, 1.165) is 38.1 Å². The maximum Gasteiger partial charge on any atom is 0.232 e. The van der Waals surface area contributed by atoms with Gasteiger partial charge in [0.15, 0.2) is 0 Å². The van der Waals surface area contributed by atoms with Gasteiger partial charge in [0.05, 0.1) is 31.3 Å². The number of nitrogens with two attached hydrogens (primary N) is 1. The van der Waals surface area contributed by atoms with Crippen molar-refractivity contribution in [2.75, 3.05) is 33.4 Å². The standard InChI is InChI=1S/C19H29N7O2/c1-25-17(27)14-15(12-2-6-21-7-3-12)23-24-16(14)22-18(25)26-8-4-19(5-9-26)11-28-10-13(19)20/h2-3,6-7,13-16,18,22-24H,4-5,8-11,20H2,1H3/t13-,14?,15?,16?,18?/m1/s1. The molecule has 9 nitrogen and oxygen atoms in total. The summed E-state index contributed by atoms with van der Waals surface area (Å²) in [7, 11) is 1.90. The Morgan fingerprint density at radius 2 is 2.00 bits per heavy atom. The number of hydrazine groups is 1. The van der Waals surface area contributed by atoms with Crippen molar-refractivity contribution >= 4 is 5.91 Å². The van der Waals surface area contributed by atoms with E-state index in [0.29, 0.717) is 6.61 Å². The van der Waals surface area contributed by atoms with Gasteiger partial charge in [-0.1, -0.05) is 0 Å². The third kappa shape index (κ3) is 2.85. The highest BCUT2D eigenvalue weighted by molar-refractivity contribution is 5.81. The summed E-state index contributed by atoms with van der Waals surface area (Å²) in [6, 6.07) is 3.96. The van der Waals surface area contributed by atoms with Crippen LogP contribution in [0.25, 0.3) is 0 Å². The first kappa shape index (κ1) is 18.4. The van der Waals surface area contributed by atoms with Gasteiger partial charge in [-0.25, -0.2) is 10.9 Å². The predicted octanol–water partition coefficient (Wildman–Crippen LogP) is -1.04. The number of likely N-dealkylation sites (tertiary alicyclic amines) is 1. The number of piperidine rings is 1. The number of nitrogens with zero attached hydrogens (tertiary/aromatic N) is 3. The number of fused-ring (bicyclic) bond motifs is 1. The van der Waals surface area contributed by atoms with Crippen LogP contribution >= 0.6 is 0 Å². The van der Waals surface area contributed by atoms with E-state index in [1.807, 2.05) is 24.1 Å². The average Bonchev–Trinajstić information content (AvgIpc) is 3.30. The number of hydrogen-bond donors (Lipinski definition) is 4. The summed E-state index contributed by atoms with van der Waals surface area (Å²) in [6.07, 6.45) is 5.31. The Balaban J connectivity index is 1.29. The quantitative estimate of drug-likeness (QED) is 0.510. The molecule has 1 spiro atoms. The number of carbonyl (C=O) groups is 1. The molecule has 4 aliphatic rings. The maximum atomic E-state index is 13.3. The van der Waals surface area contributed by atoms with Gasteiger partial charge in [-0.3, -0.25) is 20.0 Å². The molecule has 1 amide bonds. The number of ether oxygens (including phenoxy) is 1. The molecule has 9 heteroatoms. The van der Waals surface area contributed by atoms with Gasteiger partial charge in [0.1, 0.15) is 6.29 Å². The van der Waals surface area contributed by atoms with E-state index in [1.165, 1.54) is 0 Å². The number of aromatic nitrogens is 1. The highest BCUT2D eigenvalue weighted by Crippen LogP contribution is 2.40. The molecule has 1 aromatic heterocycles. The van der Waals surface area contributed by atoms with Crippen molar-refractivity contribution in [1.82, 2.24) is 31.0 Å². The van der Waals surface area contributed by atoms with E-state index in [9.17, 15) is 4.79 Å². The van der Waals surface area contributed by atoms with Crippen LogP contribution in [0.5, 0.6) is 0 Å². The smallest absolute Gasteiger partial charge is 0.232 e. The third-order valence-corrected chi connectivity index (χ3v) is 7.12. The van der Waals surface area contributed by atoms with Gasteiger partial charge in [-0.05, 0) is 30.5 Å². The zero-order valence-corrected chi connectivity index (χ0v) is 16.2. The zero-order chi connectivity index (χ0) is 19.3. The van der Waals surface area contributed by atoms with Gasteiger partial charge in [-0.15, -0.1) is 0 Å². The summed E-state index contributed by atoms with van der Waals surface area (Å²) in [4.78, 5) is 21.6. The first-order valence-electron chi connectivity index (χ1n) is 10.1. The molecule has 5 heterocycles. The first-order chi connectivity index (χ1) is 13.6. The molecule has 0 aromatic carbocycles. The number of pyridine rings is 1. The van der Waals surface area contributed by atoms with Crippen LogP contribution in [0.15, 0.2) is 24.5 Å². The fourth-order valence-corrected chi connectivity index (χ4v) is 5.22. The molecule has 0 aliphatic carbocycles. The van der Waals surface area contributed by atoms with Crippen LogP contribution in [0.2, 0.25) is 0 Å². The summed E-state index contributed by atoms with van der Waals surface area (Å²) in [6.45, 7) is 3.24. The lowest BCUT2D eigenvalue weighted by molar-refractivity contribution is -0.151. The molecule has 4 aliphatic heterocycles. The minimum absolute atomic E-state index is 0.0744. The normalized spacial score (nSPS) is 38.1. The van der Waals surface area contributed by atoms with E-state index in [4.69, 9.17) is 10.5 Å². The SMILES string of the molecule is CN1C(=O)C2C(NNC2c2ccncc2)NC1N1CCC2(CC1)COC[C@H]2N. The molecule has 5 atom stereocenters. The summed E-state index contributed by atoms with van der Waals surface area (Å²) in [5, 5.41) is 3.63. The van der Waals surface area contributed by atoms with Gasteiger partial charge >= 0.3 is 0 Å². The van der Waals surface area contributed by atoms with E-state index in [1.54, 1.807) is 12.4 Å². The third-order valence-electron chi connectivity index (χ3n) is 7.12. The molecular weight excluding hydrogens is 358 g/mol. The van der Waals surface area contributed by atoms with Crippen LogP contribution in [-0.2, 0) is 9.53 Å². The summed E-state index contributed by atoms with van der Waals surface area (Å²) < 4.78 is 5.63. The Kier molecular flexibility index (Phi) is 4.61. The second-order valence-electron chi connectivity index (χ2n) is 8.56. The fourth-order valence-electron chi connectivity index (χ4n) is 5.22. The topological polar surface area (TPSA) is 108 Å². The van der Waals surface area contributed by atoms with Crippen molar-refractivity contribution in [2.24, 2.45) is 17.1 Å². The van der Waals surface area contributed by atoms with Crippen molar-refractivity contribution in [3.8, 4) is 0 Å². The first-order valence-corrected chi connectivity index (χ1v) is 10.1. The van der Waals surface area contributed by atoms with Crippen LogP contribution < -0.4 is 21.9 Å². The van der Waals surface area contributed by atoms with Gasteiger partial charge in [0, 0.05) is 44.0 Å². The highest BCUT2D eigenvalue weighted by atomic mass is 16.5. The maximum absolute atomic E-state index is 13.3. The molecule has 1 aromatic rings. The minimum Gasteiger partial charge on any atom is -0.379 e. The highest BCUT2D eigenvalue weighted by Gasteiger charge is 2.51. The summed E-state index contributed by atoms with van der Waals surface area (Å²) in [5.41, 5.74) is 14.1. The Hall–Kier alpha value is -1.62. The zero-order valence-electron chi connectivity index (χ0n) is 16.2. The van der Waals surface area contributed by atoms with Crippen LogP contribution in [0, 0.1) is 11.3 Å². The lowest BCUT2D eigenvalue weighted by Crippen LogP contribution is -2.70. The Morgan fingerprint density at radius 1 is 1.25 bits per heavy atom. The van der Waals surface area contributed by atoms with Crippen molar-refractivity contribution < 1.29 is 9.53 Å². The number of amides is 1. The number of carbonyl (C=O) groups excluding carboxylic acids is 1. The summed E-state index contributed by atoms with van der Waals surface area (Å²) >= 11 is 0. The molecule has 4 saturated heterocycles. The van der Waals surface area contributed by atoms with Crippen LogP contribution in [-0.4, -0.2) is 72.5 Å². The lowest BCUT2D eigenvalue weighted by Gasteiger charge is -2.49. The minimum atomic E-state index is -0.198. The number of hydrogen-bond acceptors (Lipinski definition) is 8. The molecule has 0 bridgehead atoms. The molecular formula is C19H29N7O2. The molecule has 0 radical (unpaired) electrons. The van der Waals surface area contributed by atoms with Gasteiger partial charge in [-0.2, -0.15) is 0 Å². The second kappa shape index (κ2) is 7.01. The van der Waals surface area contributed by atoms with Gasteiger partial charge in [0.25, 0.3) is 0 Å². The van der Waals surface area contributed by atoms with Crippen molar-refractivity contribution in [3.05, 3.63) is 30.1 Å². The van der Waals surface area contributed by atoms with Crippen molar-refractivity contribution in [1.29, 1.82) is 0 Å². The summed E-state index contributed by atoms with van der Waals surface area (Å²) in [5.74, 6) is -0.0503. The van der Waals surface area contributed by atoms with Gasteiger partial charge in [0.2, 0.25) is 5.91 Å². The van der Waals surface area contributed by atoms with E-state index in [2.05, 4.69) is 26.1 Å². The van der Waals surface area contributed by atoms with Crippen LogP contribution in [0.1, 0.15) is 24.4 Å². The van der Waals surface area contributed by atoms with Crippen LogP contribution in [0.3, 0.4) is 0 Å². The van der Waals surface area contributed by atoms with Gasteiger partial charge < -0.3 is 15.4 Å². The van der Waals surface area contributed by atoms with E-state index in [-0.39, 0.29) is 41.8 Å². The van der Waals surface area contributed by atoms with Crippen molar-refractivity contribution in [3.63, 3.8) is 0 Å². The molecule has 152 valence electrons. The largest absolute Gasteiger partial charge is 0.379 e.